The molecule has 0 aromatic carbocycles. The molecule has 0 aliphatic heterocycles. The summed E-state index contributed by atoms with van der Waals surface area (Å²) < 4.78 is 12.0. The minimum absolute atomic E-state index is 0.0538. The highest BCUT2D eigenvalue weighted by atomic mass is 16.6. The lowest BCUT2D eigenvalue weighted by atomic mass is 9.65. The van der Waals surface area contributed by atoms with Crippen LogP contribution in [0.4, 0.5) is 0 Å². The van der Waals surface area contributed by atoms with E-state index in [-0.39, 0.29) is 35.7 Å². The first-order valence-electron chi connectivity index (χ1n) is 12.8. The highest BCUT2D eigenvalue weighted by Gasteiger charge is 2.63. The highest BCUT2D eigenvalue weighted by molar-refractivity contribution is 5.82. The van der Waals surface area contributed by atoms with Gasteiger partial charge in [0.15, 0.2) is 0 Å². The van der Waals surface area contributed by atoms with Crippen LogP contribution in [0.25, 0.3) is 0 Å². The van der Waals surface area contributed by atoms with Crippen LogP contribution in [-0.4, -0.2) is 34.7 Å². The van der Waals surface area contributed by atoms with Crippen LogP contribution in [0.1, 0.15) is 115 Å². The fourth-order valence-electron chi connectivity index (χ4n) is 6.44. The number of hydrogen-bond acceptors (Lipinski definition) is 5. The van der Waals surface area contributed by atoms with Crippen molar-refractivity contribution in [1.29, 1.82) is 0 Å². The molecule has 6 nitrogen and oxygen atoms in total. The van der Waals surface area contributed by atoms with Gasteiger partial charge in [-0.1, -0.05) is 27.7 Å². The van der Waals surface area contributed by atoms with Gasteiger partial charge < -0.3 is 14.6 Å². The summed E-state index contributed by atoms with van der Waals surface area (Å²) in [6.45, 7) is 20.9. The molecule has 0 aromatic rings. The lowest BCUT2D eigenvalue weighted by Crippen LogP contribution is -2.47. The minimum Gasteiger partial charge on any atom is -0.481 e. The second-order valence-corrected chi connectivity index (χ2v) is 14.0. The quantitative estimate of drug-likeness (QED) is 0.384. The summed E-state index contributed by atoms with van der Waals surface area (Å²) >= 11 is 0. The van der Waals surface area contributed by atoms with Crippen LogP contribution < -0.4 is 0 Å². The molecule has 5 atom stereocenters. The molecule has 0 saturated heterocycles. The van der Waals surface area contributed by atoms with Crippen LogP contribution in [0, 0.1) is 33.0 Å². The van der Waals surface area contributed by atoms with Crippen LogP contribution in [0.5, 0.6) is 0 Å². The average Bonchev–Trinajstić information content (AvgIpc) is 2.99. The van der Waals surface area contributed by atoms with E-state index in [4.69, 9.17) is 9.47 Å². The van der Waals surface area contributed by atoms with E-state index in [1.54, 1.807) is 41.5 Å². The molecule has 34 heavy (non-hydrogen) atoms. The first-order chi connectivity index (χ1) is 15.1. The van der Waals surface area contributed by atoms with E-state index in [2.05, 4.69) is 20.8 Å². The Morgan fingerprint density at radius 3 is 1.85 bits per heavy atom. The molecule has 6 heteroatoms. The van der Waals surface area contributed by atoms with Gasteiger partial charge in [0.05, 0.1) is 16.2 Å². The van der Waals surface area contributed by atoms with Crippen LogP contribution in [0.15, 0.2) is 0 Å². The van der Waals surface area contributed by atoms with Gasteiger partial charge in [0.1, 0.15) is 11.7 Å². The van der Waals surface area contributed by atoms with Gasteiger partial charge in [-0.2, -0.15) is 0 Å². The maximum Gasteiger partial charge on any atom is 0.312 e. The van der Waals surface area contributed by atoms with Crippen LogP contribution in [0.2, 0.25) is 0 Å². The zero-order valence-electron chi connectivity index (χ0n) is 23.4. The average molecular weight is 481 g/mol. The number of carbonyl (C=O) groups is 3. The maximum atomic E-state index is 13.7. The summed E-state index contributed by atoms with van der Waals surface area (Å²) in [5, 5.41) is 9.77. The maximum absolute atomic E-state index is 13.7. The van der Waals surface area contributed by atoms with Crippen molar-refractivity contribution < 1.29 is 29.0 Å². The van der Waals surface area contributed by atoms with Gasteiger partial charge in [0, 0.05) is 5.41 Å². The van der Waals surface area contributed by atoms with Crippen molar-refractivity contribution in [2.75, 3.05) is 0 Å². The molecular weight excluding hydrogens is 432 g/mol. The Morgan fingerprint density at radius 1 is 0.912 bits per heavy atom. The Hall–Kier alpha value is -1.59. The number of carboxylic acid groups (broad SMARTS) is 1. The molecule has 2 bridgehead atoms. The second-order valence-electron chi connectivity index (χ2n) is 14.0. The normalized spacial score (nSPS) is 29.7. The van der Waals surface area contributed by atoms with E-state index in [0.29, 0.717) is 12.3 Å². The summed E-state index contributed by atoms with van der Waals surface area (Å²) in [5.74, 6) is -1.21. The first-order valence-corrected chi connectivity index (χ1v) is 12.8. The molecule has 2 aliphatic carbocycles. The van der Waals surface area contributed by atoms with E-state index < -0.39 is 33.8 Å². The van der Waals surface area contributed by atoms with Gasteiger partial charge >= 0.3 is 17.9 Å². The SMILES string of the molecule is CCC(C)(CC(C)(CC(C)(C)C(=O)O)C(=O)OC(C)(C)C)C(=O)OC1CC2CCC1(C)C2(C)C. The van der Waals surface area contributed by atoms with Crippen LogP contribution in [0.3, 0.4) is 0 Å². The van der Waals surface area contributed by atoms with Gasteiger partial charge in [0.25, 0.3) is 0 Å². The molecule has 2 rings (SSSR count). The molecule has 2 aliphatic rings. The van der Waals surface area contributed by atoms with E-state index in [0.717, 1.165) is 12.8 Å². The topological polar surface area (TPSA) is 89.9 Å². The Kier molecular flexibility index (Phi) is 7.43. The van der Waals surface area contributed by atoms with E-state index >= 15 is 0 Å². The van der Waals surface area contributed by atoms with Gasteiger partial charge in [-0.15, -0.1) is 0 Å². The van der Waals surface area contributed by atoms with Gasteiger partial charge in [-0.05, 0) is 98.3 Å². The number of ether oxygens (including phenoxy) is 2. The molecule has 5 unspecified atom stereocenters. The summed E-state index contributed by atoms with van der Waals surface area (Å²) in [6, 6.07) is 0. The number of carbonyl (C=O) groups excluding carboxylic acids is 2. The van der Waals surface area contributed by atoms with E-state index in [9.17, 15) is 19.5 Å². The minimum atomic E-state index is -1.17. The van der Waals surface area contributed by atoms with Crippen molar-refractivity contribution in [3.8, 4) is 0 Å². The Morgan fingerprint density at radius 2 is 1.47 bits per heavy atom. The van der Waals surface area contributed by atoms with Crippen molar-refractivity contribution in [1.82, 2.24) is 0 Å². The second kappa shape index (κ2) is 8.81. The molecule has 2 fully saturated rings. The predicted octanol–water partition coefficient (Wildman–Crippen LogP) is 6.40. The predicted molar refractivity (Wildman–Crippen MR) is 132 cm³/mol. The van der Waals surface area contributed by atoms with E-state index in [1.807, 2.05) is 13.8 Å². The third kappa shape index (κ3) is 5.16. The Balaban J connectivity index is 2.34. The molecule has 0 spiro atoms. The number of aliphatic carboxylic acids is 1. The van der Waals surface area contributed by atoms with Crippen molar-refractivity contribution in [2.24, 2.45) is 33.0 Å². The van der Waals surface area contributed by atoms with Crippen molar-refractivity contribution in [3.05, 3.63) is 0 Å². The number of hydrogen-bond donors (Lipinski definition) is 1. The molecule has 1 N–H and O–H groups in total. The van der Waals surface area contributed by atoms with Crippen molar-refractivity contribution >= 4 is 17.9 Å². The smallest absolute Gasteiger partial charge is 0.312 e. The first kappa shape index (κ1) is 28.6. The van der Waals surface area contributed by atoms with Crippen LogP contribution in [-0.2, 0) is 23.9 Å². The van der Waals surface area contributed by atoms with Gasteiger partial charge in [-0.25, -0.2) is 0 Å². The monoisotopic (exact) mass is 480 g/mol. The van der Waals surface area contributed by atoms with E-state index in [1.165, 1.54) is 6.42 Å². The molecular formula is C28H48O6. The van der Waals surface area contributed by atoms with Gasteiger partial charge in [0.2, 0.25) is 0 Å². The number of carboxylic acids is 1. The molecule has 0 radical (unpaired) electrons. The van der Waals surface area contributed by atoms with Crippen LogP contribution >= 0.6 is 0 Å². The molecule has 196 valence electrons. The highest BCUT2D eigenvalue weighted by Crippen LogP contribution is 2.66. The number of rotatable bonds is 9. The van der Waals surface area contributed by atoms with Crippen molar-refractivity contribution in [2.45, 2.75) is 126 Å². The summed E-state index contributed by atoms with van der Waals surface area (Å²) in [6.07, 6.45) is 3.67. The molecule has 0 heterocycles. The number of fused-ring (bicyclic) bond motifs is 2. The lowest BCUT2D eigenvalue weighted by Gasteiger charge is -2.42. The van der Waals surface area contributed by atoms with Crippen molar-refractivity contribution in [3.63, 3.8) is 0 Å². The molecule has 0 amide bonds. The molecule has 0 aromatic heterocycles. The summed E-state index contributed by atoms with van der Waals surface area (Å²) in [7, 11) is 0. The summed E-state index contributed by atoms with van der Waals surface area (Å²) in [4.78, 5) is 39.0. The lowest BCUT2D eigenvalue weighted by molar-refractivity contribution is -0.179. The third-order valence-electron chi connectivity index (χ3n) is 9.32. The number of esters is 2. The standard InChI is InChI=1S/C28H48O6/c1-12-26(9,21(31)33-19-15-18-13-14-28(19,11)25(18,7)8)17-27(10,16-24(5,6)20(29)30)22(32)34-23(2,3)4/h18-19H,12-17H2,1-11H3,(H,29,30). The zero-order chi connectivity index (χ0) is 26.5. The zero-order valence-corrected chi connectivity index (χ0v) is 23.4. The Labute approximate surface area is 206 Å². The summed E-state index contributed by atoms with van der Waals surface area (Å²) in [5.41, 5.74) is -3.93. The Bertz CT molecular complexity index is 821. The fraction of sp³-hybridized carbons (Fsp3) is 0.893. The third-order valence-corrected chi connectivity index (χ3v) is 9.32. The largest absolute Gasteiger partial charge is 0.481 e. The fourth-order valence-corrected chi connectivity index (χ4v) is 6.44. The van der Waals surface area contributed by atoms with Gasteiger partial charge in [-0.3, -0.25) is 14.4 Å². The molecule has 2 saturated carbocycles.